The lowest BCUT2D eigenvalue weighted by Gasteiger charge is -2.24. The Morgan fingerprint density at radius 2 is 2.13 bits per heavy atom. The highest BCUT2D eigenvalue weighted by Gasteiger charge is 2.38. The fourth-order valence-electron chi connectivity index (χ4n) is 4.80. The van der Waals surface area contributed by atoms with Gasteiger partial charge < -0.3 is 30.5 Å². The van der Waals surface area contributed by atoms with Crippen LogP contribution < -0.4 is 25.4 Å². The molecule has 5 rings (SSSR count). The first-order chi connectivity index (χ1) is 18.4. The van der Waals surface area contributed by atoms with E-state index in [9.17, 15) is 14.7 Å². The van der Waals surface area contributed by atoms with Crippen LogP contribution in [0, 0.1) is 0 Å². The highest BCUT2D eigenvalue weighted by Crippen LogP contribution is 2.31. The first kappa shape index (κ1) is 25.9. The zero-order valence-electron chi connectivity index (χ0n) is 21.7. The third-order valence-corrected chi connectivity index (χ3v) is 7.04. The summed E-state index contributed by atoms with van der Waals surface area (Å²) in [5, 5.41) is 23.4. The van der Waals surface area contributed by atoms with E-state index < -0.39 is 18.1 Å². The van der Waals surface area contributed by atoms with Crippen LogP contribution in [0.2, 0.25) is 0 Å². The molecule has 0 bridgehead atoms. The van der Waals surface area contributed by atoms with Crippen molar-refractivity contribution in [2.45, 2.75) is 69.4 Å². The predicted octanol–water partition coefficient (Wildman–Crippen LogP) is 0.437. The van der Waals surface area contributed by atoms with Crippen molar-refractivity contribution in [3.63, 3.8) is 0 Å². The molecule has 2 fully saturated rings. The Balaban J connectivity index is 1.27. The molecule has 11 nitrogen and oxygen atoms in total. The van der Waals surface area contributed by atoms with Crippen molar-refractivity contribution in [2.75, 3.05) is 13.7 Å². The van der Waals surface area contributed by atoms with Gasteiger partial charge >= 0.3 is 0 Å². The Bertz CT molecular complexity index is 1280. The van der Waals surface area contributed by atoms with Crippen molar-refractivity contribution >= 4 is 22.7 Å². The number of hydrogen-bond donors (Lipinski definition) is 4. The van der Waals surface area contributed by atoms with E-state index in [4.69, 9.17) is 14.5 Å². The van der Waals surface area contributed by atoms with Gasteiger partial charge in [0.1, 0.15) is 18.0 Å². The molecular weight excluding hydrogens is 488 g/mol. The number of nitrogens with two attached hydrogens (primary N) is 1. The molecule has 11 heteroatoms. The third-order valence-electron chi connectivity index (χ3n) is 7.04. The SMILES string of the molecule is CCC[C@H](NC(=O)[C@@H]1CC(Oc2cc(-n3cccn3)nc3cc(OC)ccc23)C[NH2+]1)C(O)C(=O)NC1CC1. The molecule has 2 aromatic heterocycles. The number of hydrogen-bond acceptors (Lipinski definition) is 7. The second-order valence-electron chi connectivity index (χ2n) is 10.00. The number of nitrogens with one attached hydrogen (secondary N) is 2. The summed E-state index contributed by atoms with van der Waals surface area (Å²) in [6.07, 6.45) is 5.63. The summed E-state index contributed by atoms with van der Waals surface area (Å²) in [5.74, 6) is 1.34. The van der Waals surface area contributed by atoms with Gasteiger partial charge in [-0.1, -0.05) is 13.3 Å². The maximum absolute atomic E-state index is 13.1. The molecule has 2 amide bonds. The fourth-order valence-corrected chi connectivity index (χ4v) is 4.80. The highest BCUT2D eigenvalue weighted by atomic mass is 16.5. The van der Waals surface area contributed by atoms with Crippen LogP contribution in [0.15, 0.2) is 42.7 Å². The largest absolute Gasteiger partial charge is 0.497 e. The molecule has 1 saturated heterocycles. The summed E-state index contributed by atoms with van der Waals surface area (Å²) in [7, 11) is 1.61. The van der Waals surface area contributed by atoms with E-state index in [-0.39, 0.29) is 24.1 Å². The first-order valence-electron chi connectivity index (χ1n) is 13.2. The van der Waals surface area contributed by atoms with Crippen LogP contribution in [0.1, 0.15) is 39.0 Å². The molecule has 2 aliphatic rings. The minimum absolute atomic E-state index is 0.148. The van der Waals surface area contributed by atoms with E-state index in [0.717, 1.165) is 24.6 Å². The number of amides is 2. The summed E-state index contributed by atoms with van der Waals surface area (Å²) in [5.41, 5.74) is 0.712. The predicted molar refractivity (Wildman–Crippen MR) is 139 cm³/mol. The molecule has 202 valence electrons. The molecule has 1 aliphatic heterocycles. The number of ether oxygens (including phenoxy) is 2. The molecule has 38 heavy (non-hydrogen) atoms. The van der Waals surface area contributed by atoms with E-state index in [1.54, 1.807) is 18.0 Å². The van der Waals surface area contributed by atoms with Crippen LogP contribution in [-0.4, -0.2) is 75.7 Å². The Labute approximate surface area is 220 Å². The molecule has 1 aromatic carbocycles. The van der Waals surface area contributed by atoms with Crippen LogP contribution in [-0.2, 0) is 9.59 Å². The van der Waals surface area contributed by atoms with Crippen molar-refractivity contribution < 1.29 is 29.5 Å². The van der Waals surface area contributed by atoms with Gasteiger partial charge in [-0.05, 0) is 37.5 Å². The molecule has 3 heterocycles. The van der Waals surface area contributed by atoms with Gasteiger partial charge in [-0.15, -0.1) is 0 Å². The van der Waals surface area contributed by atoms with Crippen molar-refractivity contribution in [1.82, 2.24) is 25.4 Å². The second kappa shape index (κ2) is 11.4. The summed E-state index contributed by atoms with van der Waals surface area (Å²) >= 11 is 0. The van der Waals surface area contributed by atoms with Gasteiger partial charge in [0, 0.05) is 36.0 Å². The Morgan fingerprint density at radius 1 is 1.29 bits per heavy atom. The zero-order valence-corrected chi connectivity index (χ0v) is 21.7. The van der Waals surface area contributed by atoms with E-state index in [2.05, 4.69) is 15.7 Å². The third kappa shape index (κ3) is 5.89. The summed E-state index contributed by atoms with van der Waals surface area (Å²) < 4.78 is 13.5. The number of fused-ring (bicyclic) bond motifs is 1. The lowest BCUT2D eigenvalue weighted by molar-refractivity contribution is -0.659. The Morgan fingerprint density at radius 3 is 2.84 bits per heavy atom. The highest BCUT2D eigenvalue weighted by molar-refractivity contribution is 5.87. The van der Waals surface area contributed by atoms with Crippen LogP contribution in [0.25, 0.3) is 16.7 Å². The minimum atomic E-state index is -1.27. The number of carbonyl (C=O) groups excluding carboxylic acids is 2. The maximum Gasteiger partial charge on any atom is 0.278 e. The lowest BCUT2D eigenvalue weighted by atomic mass is 10.0. The maximum atomic E-state index is 13.1. The fraction of sp³-hybridized carbons (Fsp3) is 0.481. The van der Waals surface area contributed by atoms with Crippen LogP contribution in [0.4, 0.5) is 0 Å². The smallest absolute Gasteiger partial charge is 0.278 e. The number of quaternary nitrogens is 1. The summed E-state index contributed by atoms with van der Waals surface area (Å²) in [6, 6.07) is 8.44. The van der Waals surface area contributed by atoms with Gasteiger partial charge in [-0.3, -0.25) is 9.59 Å². The van der Waals surface area contributed by atoms with Crippen molar-refractivity contribution in [3.05, 3.63) is 42.7 Å². The average Bonchev–Trinajstić information content (AvgIpc) is 3.36. The lowest BCUT2D eigenvalue weighted by Crippen LogP contribution is -2.90. The van der Waals surface area contributed by atoms with Crippen LogP contribution >= 0.6 is 0 Å². The molecular formula is C27H35N6O5+. The monoisotopic (exact) mass is 523 g/mol. The van der Waals surface area contributed by atoms with Crippen molar-refractivity contribution in [2.24, 2.45) is 0 Å². The summed E-state index contributed by atoms with van der Waals surface area (Å²) in [4.78, 5) is 30.2. The Hall–Kier alpha value is -3.70. The first-order valence-corrected chi connectivity index (χ1v) is 13.2. The van der Waals surface area contributed by atoms with Crippen molar-refractivity contribution in [3.8, 4) is 17.3 Å². The number of pyridine rings is 1. The van der Waals surface area contributed by atoms with Gasteiger partial charge in [0.05, 0.1) is 25.1 Å². The van der Waals surface area contributed by atoms with Gasteiger partial charge in [0.25, 0.3) is 11.8 Å². The number of benzene rings is 1. The average molecular weight is 524 g/mol. The number of methoxy groups -OCH3 is 1. The topological polar surface area (TPSA) is 144 Å². The van der Waals surface area contributed by atoms with E-state index in [0.29, 0.717) is 42.2 Å². The summed E-state index contributed by atoms with van der Waals surface area (Å²) in [6.45, 7) is 2.56. The molecule has 4 atom stereocenters. The number of aliphatic hydroxyl groups is 1. The van der Waals surface area contributed by atoms with Gasteiger partial charge in [0.15, 0.2) is 24.1 Å². The molecule has 5 N–H and O–H groups in total. The molecule has 3 aromatic rings. The molecule has 1 aliphatic carbocycles. The molecule has 2 unspecified atom stereocenters. The molecule has 1 saturated carbocycles. The minimum Gasteiger partial charge on any atom is -0.497 e. The van der Waals surface area contributed by atoms with E-state index >= 15 is 0 Å². The van der Waals surface area contributed by atoms with Crippen molar-refractivity contribution in [1.29, 1.82) is 0 Å². The van der Waals surface area contributed by atoms with Crippen LogP contribution in [0.5, 0.6) is 11.5 Å². The van der Waals surface area contributed by atoms with E-state index in [1.807, 2.05) is 48.8 Å². The number of aliphatic hydroxyl groups excluding tert-OH is 1. The van der Waals surface area contributed by atoms with Gasteiger partial charge in [0.2, 0.25) is 0 Å². The number of nitrogens with zero attached hydrogens (tertiary/aromatic N) is 3. The Kier molecular flexibility index (Phi) is 7.75. The molecule has 0 spiro atoms. The standard InChI is InChI=1S/C27H34N6O5/c1-3-5-20(25(34)27(36)30-16-6-7-16)32-26(35)22-13-18(15-28-22)38-23-14-24(33-11-4-10-29-33)31-21-12-17(37-2)8-9-19(21)23/h4,8-12,14,16,18,20,22,25,28,34H,3,5-7,13,15H2,1-2H3,(H,30,36)(H,32,35)/p+1/t18?,20-,22-,25?/m0/s1. The van der Waals surface area contributed by atoms with Gasteiger partial charge in [-0.2, -0.15) is 5.10 Å². The quantitative estimate of drug-likeness (QED) is 0.285. The zero-order chi connectivity index (χ0) is 26.6. The number of rotatable bonds is 11. The second-order valence-corrected chi connectivity index (χ2v) is 10.00. The van der Waals surface area contributed by atoms with E-state index in [1.165, 1.54) is 0 Å². The van der Waals surface area contributed by atoms with Gasteiger partial charge in [-0.25, -0.2) is 9.67 Å². The van der Waals surface area contributed by atoms with Crippen LogP contribution in [0.3, 0.4) is 0 Å². The normalized spacial score (nSPS) is 20.6. The molecule has 0 radical (unpaired) electrons. The number of aromatic nitrogens is 3. The number of carbonyl (C=O) groups is 2.